The highest BCUT2D eigenvalue weighted by molar-refractivity contribution is 7.13. The standard InChI is InChI=1S/C17H15N3O3S/c1-10-9-24-17(19-10)20-16(22)12-8-11(6-7-13(12)18)23-15-5-3-2-4-14(15)21/h2-9,21H,18H2,1H3,(H,19,20,22). The fourth-order valence-corrected chi connectivity index (χ4v) is 2.73. The van der Waals surface area contributed by atoms with Gasteiger partial charge in [0.25, 0.3) is 5.91 Å². The van der Waals surface area contributed by atoms with E-state index in [4.69, 9.17) is 10.5 Å². The van der Waals surface area contributed by atoms with Crippen LogP contribution in [0.5, 0.6) is 17.2 Å². The smallest absolute Gasteiger partial charge is 0.259 e. The summed E-state index contributed by atoms with van der Waals surface area (Å²) in [4.78, 5) is 16.6. The molecule has 0 aliphatic rings. The Bertz CT molecular complexity index is 892. The molecule has 0 fully saturated rings. The summed E-state index contributed by atoms with van der Waals surface area (Å²) in [6.45, 7) is 1.85. The fourth-order valence-electron chi connectivity index (χ4n) is 2.04. The van der Waals surface area contributed by atoms with E-state index in [1.54, 1.807) is 30.3 Å². The molecule has 0 aliphatic carbocycles. The van der Waals surface area contributed by atoms with Crippen LogP contribution < -0.4 is 15.8 Å². The van der Waals surface area contributed by atoms with Crippen molar-refractivity contribution in [3.8, 4) is 17.2 Å². The minimum Gasteiger partial charge on any atom is -0.504 e. The van der Waals surface area contributed by atoms with E-state index in [0.29, 0.717) is 22.3 Å². The zero-order chi connectivity index (χ0) is 17.1. The van der Waals surface area contributed by atoms with Gasteiger partial charge in [0.05, 0.1) is 11.3 Å². The number of phenols is 1. The number of aromatic hydroxyl groups is 1. The molecular formula is C17H15N3O3S. The van der Waals surface area contributed by atoms with Gasteiger partial charge in [0.2, 0.25) is 0 Å². The van der Waals surface area contributed by atoms with Gasteiger partial charge in [0, 0.05) is 11.1 Å². The summed E-state index contributed by atoms with van der Waals surface area (Å²) >= 11 is 1.34. The molecule has 0 atom stereocenters. The number of carbonyl (C=O) groups excluding carboxylic acids is 1. The number of carbonyl (C=O) groups is 1. The van der Waals surface area contributed by atoms with E-state index < -0.39 is 0 Å². The van der Waals surface area contributed by atoms with Crippen LogP contribution in [0.3, 0.4) is 0 Å². The Kier molecular flexibility index (Phi) is 4.35. The van der Waals surface area contributed by atoms with Crippen molar-refractivity contribution >= 4 is 28.1 Å². The molecule has 6 nitrogen and oxygen atoms in total. The number of phenolic OH excluding ortho intramolecular Hbond substituents is 1. The molecule has 0 aliphatic heterocycles. The zero-order valence-electron chi connectivity index (χ0n) is 12.8. The third-order valence-corrected chi connectivity index (χ3v) is 4.08. The van der Waals surface area contributed by atoms with Gasteiger partial charge in [-0.3, -0.25) is 10.1 Å². The van der Waals surface area contributed by atoms with Crippen LogP contribution in [0.2, 0.25) is 0 Å². The maximum Gasteiger partial charge on any atom is 0.259 e. The summed E-state index contributed by atoms with van der Waals surface area (Å²) in [6, 6.07) is 11.3. The molecule has 0 saturated heterocycles. The number of benzene rings is 2. The number of hydrogen-bond donors (Lipinski definition) is 3. The highest BCUT2D eigenvalue weighted by Gasteiger charge is 2.14. The molecular weight excluding hydrogens is 326 g/mol. The maximum absolute atomic E-state index is 12.4. The molecule has 0 unspecified atom stereocenters. The zero-order valence-corrected chi connectivity index (χ0v) is 13.6. The van der Waals surface area contributed by atoms with Crippen molar-refractivity contribution in [2.45, 2.75) is 6.92 Å². The lowest BCUT2D eigenvalue weighted by atomic mass is 10.1. The van der Waals surface area contributed by atoms with E-state index in [0.717, 1.165) is 5.69 Å². The SMILES string of the molecule is Cc1csc(NC(=O)c2cc(Oc3ccccc3O)ccc2N)n1. The van der Waals surface area contributed by atoms with Crippen LogP contribution in [0.1, 0.15) is 16.1 Å². The molecule has 1 aromatic heterocycles. The van der Waals surface area contributed by atoms with Gasteiger partial charge >= 0.3 is 0 Å². The normalized spacial score (nSPS) is 10.4. The first-order chi connectivity index (χ1) is 11.5. The van der Waals surface area contributed by atoms with Crippen LogP contribution in [0.25, 0.3) is 0 Å². The van der Waals surface area contributed by atoms with E-state index in [-0.39, 0.29) is 17.2 Å². The van der Waals surface area contributed by atoms with Crippen molar-refractivity contribution in [1.29, 1.82) is 0 Å². The monoisotopic (exact) mass is 341 g/mol. The van der Waals surface area contributed by atoms with Gasteiger partial charge in [0.15, 0.2) is 16.6 Å². The van der Waals surface area contributed by atoms with Crippen molar-refractivity contribution in [2.24, 2.45) is 0 Å². The fraction of sp³-hybridized carbons (Fsp3) is 0.0588. The first-order valence-electron chi connectivity index (χ1n) is 7.12. The average Bonchev–Trinajstić information content (AvgIpc) is 2.96. The van der Waals surface area contributed by atoms with Crippen LogP contribution in [0, 0.1) is 6.92 Å². The molecule has 24 heavy (non-hydrogen) atoms. The predicted molar refractivity (Wildman–Crippen MR) is 93.8 cm³/mol. The largest absolute Gasteiger partial charge is 0.504 e. The Hall–Kier alpha value is -3.06. The minimum absolute atomic E-state index is 0.0126. The molecule has 122 valence electrons. The molecule has 0 saturated carbocycles. The van der Waals surface area contributed by atoms with Gasteiger partial charge in [0.1, 0.15) is 5.75 Å². The molecule has 3 rings (SSSR count). The number of para-hydroxylation sites is 2. The van der Waals surface area contributed by atoms with Gasteiger partial charge in [-0.1, -0.05) is 12.1 Å². The Morgan fingerprint density at radius 2 is 2.08 bits per heavy atom. The number of anilines is 2. The molecule has 4 N–H and O–H groups in total. The van der Waals surface area contributed by atoms with Gasteiger partial charge in [-0.05, 0) is 37.3 Å². The van der Waals surface area contributed by atoms with Crippen molar-refractivity contribution in [3.05, 3.63) is 59.1 Å². The summed E-state index contributed by atoms with van der Waals surface area (Å²) in [6.07, 6.45) is 0. The minimum atomic E-state index is -0.371. The second-order valence-electron chi connectivity index (χ2n) is 5.07. The molecule has 0 spiro atoms. The second kappa shape index (κ2) is 6.59. The third kappa shape index (κ3) is 3.47. The van der Waals surface area contributed by atoms with Crippen molar-refractivity contribution in [2.75, 3.05) is 11.1 Å². The lowest BCUT2D eigenvalue weighted by Gasteiger charge is -2.10. The molecule has 3 aromatic rings. The molecule has 1 amide bonds. The Morgan fingerprint density at radius 3 is 2.79 bits per heavy atom. The average molecular weight is 341 g/mol. The number of nitrogens with zero attached hydrogens (tertiary/aromatic N) is 1. The van der Waals surface area contributed by atoms with Crippen LogP contribution in [0.4, 0.5) is 10.8 Å². The van der Waals surface area contributed by atoms with Crippen molar-refractivity contribution in [1.82, 2.24) is 4.98 Å². The van der Waals surface area contributed by atoms with Crippen LogP contribution >= 0.6 is 11.3 Å². The lowest BCUT2D eigenvalue weighted by Crippen LogP contribution is -2.14. The predicted octanol–water partition coefficient (Wildman–Crippen LogP) is 3.78. The van der Waals surface area contributed by atoms with Crippen molar-refractivity contribution in [3.63, 3.8) is 0 Å². The number of nitrogen functional groups attached to an aromatic ring is 1. The van der Waals surface area contributed by atoms with Crippen LogP contribution in [-0.4, -0.2) is 16.0 Å². The van der Waals surface area contributed by atoms with E-state index in [9.17, 15) is 9.90 Å². The van der Waals surface area contributed by atoms with E-state index >= 15 is 0 Å². The Morgan fingerprint density at radius 1 is 1.29 bits per heavy atom. The summed E-state index contributed by atoms with van der Waals surface area (Å²) in [5, 5.41) is 14.8. The molecule has 2 aromatic carbocycles. The first-order valence-corrected chi connectivity index (χ1v) is 8.00. The Labute approximate surface area is 142 Å². The number of aromatic nitrogens is 1. The summed E-state index contributed by atoms with van der Waals surface area (Å²) in [5.41, 5.74) is 7.32. The molecule has 0 bridgehead atoms. The van der Waals surface area contributed by atoms with E-state index in [2.05, 4.69) is 10.3 Å². The van der Waals surface area contributed by atoms with E-state index in [1.807, 2.05) is 12.3 Å². The van der Waals surface area contributed by atoms with Gasteiger partial charge in [-0.15, -0.1) is 11.3 Å². The maximum atomic E-state index is 12.4. The molecule has 7 heteroatoms. The first kappa shape index (κ1) is 15.8. The van der Waals surface area contributed by atoms with Gasteiger partial charge < -0.3 is 15.6 Å². The highest BCUT2D eigenvalue weighted by atomic mass is 32.1. The Balaban J connectivity index is 1.83. The lowest BCUT2D eigenvalue weighted by molar-refractivity contribution is 0.102. The second-order valence-corrected chi connectivity index (χ2v) is 5.93. The molecule has 1 heterocycles. The number of amides is 1. The molecule has 0 radical (unpaired) electrons. The topological polar surface area (TPSA) is 97.5 Å². The summed E-state index contributed by atoms with van der Waals surface area (Å²) in [7, 11) is 0. The number of nitrogens with two attached hydrogens (primary N) is 1. The third-order valence-electron chi connectivity index (χ3n) is 3.20. The van der Waals surface area contributed by atoms with Crippen LogP contribution in [-0.2, 0) is 0 Å². The number of aryl methyl sites for hydroxylation is 1. The number of hydrogen-bond acceptors (Lipinski definition) is 6. The summed E-state index contributed by atoms with van der Waals surface area (Å²) in [5.74, 6) is 0.332. The van der Waals surface area contributed by atoms with E-state index in [1.165, 1.54) is 23.5 Å². The van der Waals surface area contributed by atoms with Crippen molar-refractivity contribution < 1.29 is 14.6 Å². The number of ether oxygens (including phenoxy) is 1. The number of nitrogens with one attached hydrogen (secondary N) is 1. The number of rotatable bonds is 4. The number of thiazole rings is 1. The highest BCUT2D eigenvalue weighted by Crippen LogP contribution is 2.31. The quantitative estimate of drug-likeness (QED) is 0.627. The van der Waals surface area contributed by atoms with Gasteiger partial charge in [-0.25, -0.2) is 4.98 Å². The van der Waals surface area contributed by atoms with Gasteiger partial charge in [-0.2, -0.15) is 0 Å². The van der Waals surface area contributed by atoms with Crippen LogP contribution in [0.15, 0.2) is 47.8 Å². The summed E-state index contributed by atoms with van der Waals surface area (Å²) < 4.78 is 5.61.